The Kier molecular flexibility index (Phi) is 4.56. The molecule has 2 aromatic rings. The summed E-state index contributed by atoms with van der Waals surface area (Å²) in [6.45, 7) is 2.48. The Bertz CT molecular complexity index is 966. The smallest absolute Gasteiger partial charge is 0.241 e. The van der Waals surface area contributed by atoms with Gasteiger partial charge in [-0.2, -0.15) is 0 Å². The average Bonchev–Trinajstić information content (AvgIpc) is 3.04. The molecule has 5 nitrogen and oxygen atoms in total. The molecule has 0 radical (unpaired) electrons. The van der Waals surface area contributed by atoms with Gasteiger partial charge in [-0.1, -0.05) is 30.3 Å². The number of amides is 1. The molecule has 6 heteroatoms. The molecule has 2 fully saturated rings. The number of carbonyl (C=O) groups is 1. The van der Waals surface area contributed by atoms with E-state index in [4.69, 9.17) is 0 Å². The van der Waals surface area contributed by atoms with Gasteiger partial charge in [-0.15, -0.1) is 0 Å². The van der Waals surface area contributed by atoms with E-state index in [0.717, 1.165) is 36.9 Å². The minimum Gasteiger partial charge on any atom is -0.312 e. The van der Waals surface area contributed by atoms with Crippen LogP contribution in [0.3, 0.4) is 0 Å². The molecule has 0 bridgehead atoms. The van der Waals surface area contributed by atoms with Crippen molar-refractivity contribution in [2.45, 2.75) is 49.5 Å². The van der Waals surface area contributed by atoms with Gasteiger partial charge in [0.2, 0.25) is 15.9 Å². The van der Waals surface area contributed by atoms with Crippen molar-refractivity contribution in [3.8, 4) is 0 Å². The largest absolute Gasteiger partial charge is 0.312 e. The SMILES string of the molecule is Cc1cc(N2CCCC2=O)ccc1S(=O)(=O)NC1(c2ccccc2)CCC1. The molecule has 1 saturated heterocycles. The monoisotopic (exact) mass is 384 g/mol. The molecule has 4 rings (SSSR count). The summed E-state index contributed by atoms with van der Waals surface area (Å²) in [5.41, 5.74) is 1.92. The van der Waals surface area contributed by atoms with Crippen LogP contribution in [0, 0.1) is 6.92 Å². The van der Waals surface area contributed by atoms with E-state index in [1.54, 1.807) is 30.0 Å². The highest BCUT2D eigenvalue weighted by Gasteiger charge is 2.42. The number of hydrogen-bond donors (Lipinski definition) is 1. The topological polar surface area (TPSA) is 66.5 Å². The number of anilines is 1. The Balaban J connectivity index is 1.63. The van der Waals surface area contributed by atoms with Crippen LogP contribution in [0.4, 0.5) is 5.69 Å². The van der Waals surface area contributed by atoms with E-state index in [0.29, 0.717) is 18.5 Å². The molecule has 1 amide bonds. The fourth-order valence-corrected chi connectivity index (χ4v) is 5.75. The molecule has 0 unspecified atom stereocenters. The second-order valence-corrected chi connectivity index (χ2v) is 9.16. The van der Waals surface area contributed by atoms with E-state index in [9.17, 15) is 13.2 Å². The Morgan fingerprint density at radius 2 is 1.78 bits per heavy atom. The van der Waals surface area contributed by atoms with Crippen LogP contribution in [0.5, 0.6) is 0 Å². The van der Waals surface area contributed by atoms with E-state index in [2.05, 4.69) is 4.72 Å². The van der Waals surface area contributed by atoms with E-state index < -0.39 is 15.6 Å². The van der Waals surface area contributed by atoms with E-state index in [1.165, 1.54) is 0 Å². The van der Waals surface area contributed by atoms with Gasteiger partial charge in [0, 0.05) is 18.7 Å². The van der Waals surface area contributed by atoms with Crippen molar-refractivity contribution in [1.29, 1.82) is 0 Å². The molecule has 1 heterocycles. The molecule has 2 aliphatic rings. The fraction of sp³-hybridized carbons (Fsp3) is 0.381. The Morgan fingerprint density at radius 3 is 2.33 bits per heavy atom. The number of nitrogens with one attached hydrogen (secondary N) is 1. The molecule has 2 aromatic carbocycles. The number of aryl methyl sites for hydroxylation is 1. The van der Waals surface area contributed by atoms with Crippen LogP contribution in [0.1, 0.15) is 43.2 Å². The van der Waals surface area contributed by atoms with Gasteiger partial charge in [0.15, 0.2) is 0 Å². The standard InChI is InChI=1S/C21H24N2O3S/c1-16-15-18(23-14-5-9-20(23)24)10-11-19(16)27(25,26)22-21(12-6-13-21)17-7-3-2-4-8-17/h2-4,7-8,10-11,15,22H,5-6,9,12-14H2,1H3. The lowest BCUT2D eigenvalue weighted by Gasteiger charge is -2.42. The Labute approximate surface area is 160 Å². The molecular weight excluding hydrogens is 360 g/mol. The number of hydrogen-bond acceptors (Lipinski definition) is 3. The minimum atomic E-state index is -3.66. The van der Waals surface area contributed by atoms with Crippen molar-refractivity contribution in [1.82, 2.24) is 4.72 Å². The number of nitrogens with zero attached hydrogens (tertiary/aromatic N) is 1. The van der Waals surface area contributed by atoms with Gasteiger partial charge in [-0.3, -0.25) is 4.79 Å². The van der Waals surface area contributed by atoms with Crippen LogP contribution in [0.15, 0.2) is 53.4 Å². The Hall–Kier alpha value is -2.18. The summed E-state index contributed by atoms with van der Waals surface area (Å²) >= 11 is 0. The summed E-state index contributed by atoms with van der Waals surface area (Å²) in [5, 5.41) is 0. The highest BCUT2D eigenvalue weighted by Crippen LogP contribution is 2.42. The molecular formula is C21H24N2O3S. The van der Waals surface area contributed by atoms with Crippen molar-refractivity contribution >= 4 is 21.6 Å². The summed E-state index contributed by atoms with van der Waals surface area (Å²) in [7, 11) is -3.66. The second-order valence-electron chi connectivity index (χ2n) is 7.51. The summed E-state index contributed by atoms with van der Waals surface area (Å²) in [5.74, 6) is 0.0978. The van der Waals surface area contributed by atoms with Crippen LogP contribution >= 0.6 is 0 Å². The molecule has 0 atom stereocenters. The fourth-order valence-electron chi connectivity index (χ4n) is 4.07. The van der Waals surface area contributed by atoms with E-state index >= 15 is 0 Å². The van der Waals surface area contributed by atoms with Crippen LogP contribution in [0.25, 0.3) is 0 Å². The average molecular weight is 385 g/mol. The first-order valence-electron chi connectivity index (χ1n) is 9.42. The van der Waals surface area contributed by atoms with Crippen LogP contribution in [-0.2, 0) is 20.4 Å². The quantitative estimate of drug-likeness (QED) is 0.858. The molecule has 1 saturated carbocycles. The van der Waals surface area contributed by atoms with Gasteiger partial charge in [-0.05, 0) is 61.9 Å². The molecule has 1 aliphatic carbocycles. The summed E-state index contributed by atoms with van der Waals surface area (Å²) in [6.07, 6.45) is 4.01. The zero-order chi connectivity index (χ0) is 19.1. The highest BCUT2D eigenvalue weighted by molar-refractivity contribution is 7.89. The zero-order valence-corrected chi connectivity index (χ0v) is 16.3. The molecule has 0 spiro atoms. The van der Waals surface area contributed by atoms with Gasteiger partial charge in [-0.25, -0.2) is 13.1 Å². The van der Waals surface area contributed by atoms with Gasteiger partial charge in [0.25, 0.3) is 0 Å². The van der Waals surface area contributed by atoms with Crippen LogP contribution in [0.2, 0.25) is 0 Å². The lowest BCUT2D eigenvalue weighted by Crippen LogP contribution is -2.50. The minimum absolute atomic E-state index is 0.0978. The van der Waals surface area contributed by atoms with Gasteiger partial charge >= 0.3 is 0 Å². The lowest BCUT2D eigenvalue weighted by molar-refractivity contribution is -0.117. The number of sulfonamides is 1. The maximum Gasteiger partial charge on any atom is 0.241 e. The molecule has 142 valence electrons. The first-order chi connectivity index (χ1) is 12.9. The maximum absolute atomic E-state index is 13.1. The summed E-state index contributed by atoms with van der Waals surface area (Å²) < 4.78 is 29.2. The maximum atomic E-state index is 13.1. The number of benzene rings is 2. The third kappa shape index (κ3) is 3.28. The highest BCUT2D eigenvalue weighted by atomic mass is 32.2. The second kappa shape index (κ2) is 6.77. The van der Waals surface area contributed by atoms with E-state index in [-0.39, 0.29) is 10.8 Å². The van der Waals surface area contributed by atoms with Crippen LogP contribution in [-0.4, -0.2) is 20.9 Å². The van der Waals surface area contributed by atoms with Crippen molar-refractivity contribution in [2.24, 2.45) is 0 Å². The van der Waals surface area contributed by atoms with Crippen molar-refractivity contribution in [2.75, 3.05) is 11.4 Å². The molecule has 1 N–H and O–H groups in total. The lowest BCUT2D eigenvalue weighted by atomic mass is 9.73. The van der Waals surface area contributed by atoms with Crippen molar-refractivity contribution < 1.29 is 13.2 Å². The first kappa shape index (κ1) is 18.2. The first-order valence-corrected chi connectivity index (χ1v) is 10.9. The van der Waals surface area contributed by atoms with E-state index in [1.807, 2.05) is 30.3 Å². The zero-order valence-electron chi connectivity index (χ0n) is 15.4. The summed E-state index contributed by atoms with van der Waals surface area (Å²) in [6, 6.07) is 14.9. The normalized spacial score (nSPS) is 19.1. The van der Waals surface area contributed by atoms with Crippen molar-refractivity contribution in [3.63, 3.8) is 0 Å². The third-order valence-corrected chi connectivity index (χ3v) is 7.39. The van der Waals surface area contributed by atoms with Crippen LogP contribution < -0.4 is 9.62 Å². The summed E-state index contributed by atoms with van der Waals surface area (Å²) in [4.78, 5) is 14.0. The van der Waals surface area contributed by atoms with Gasteiger partial charge in [0.05, 0.1) is 10.4 Å². The van der Waals surface area contributed by atoms with Crippen molar-refractivity contribution in [3.05, 3.63) is 59.7 Å². The number of carbonyl (C=O) groups excluding carboxylic acids is 1. The predicted octanol–water partition coefficient (Wildman–Crippen LogP) is 3.48. The van der Waals surface area contributed by atoms with Gasteiger partial charge < -0.3 is 4.90 Å². The third-order valence-electron chi connectivity index (χ3n) is 5.70. The molecule has 27 heavy (non-hydrogen) atoms. The van der Waals surface area contributed by atoms with Gasteiger partial charge in [0.1, 0.15) is 0 Å². The molecule has 1 aliphatic heterocycles. The predicted molar refractivity (Wildman–Crippen MR) is 105 cm³/mol. The number of rotatable bonds is 5. The Morgan fingerprint density at radius 1 is 1.04 bits per heavy atom. The molecule has 0 aromatic heterocycles.